The Morgan fingerprint density at radius 3 is 3.00 bits per heavy atom. The highest BCUT2D eigenvalue weighted by Crippen LogP contribution is 2.17. The number of H-pyrrole nitrogens is 1. The summed E-state index contributed by atoms with van der Waals surface area (Å²) >= 11 is 1.64. The number of benzene rings is 1. The number of para-hydroxylation sites is 1. The van der Waals surface area contributed by atoms with E-state index in [9.17, 15) is 9.59 Å². The summed E-state index contributed by atoms with van der Waals surface area (Å²) in [5.74, 6) is 0.558. The number of nitrogens with one attached hydrogen (secondary N) is 1. The minimum atomic E-state index is -0.177. The van der Waals surface area contributed by atoms with Gasteiger partial charge in [0.25, 0.3) is 5.56 Å². The van der Waals surface area contributed by atoms with Crippen LogP contribution in [-0.4, -0.2) is 40.0 Å². The molecule has 1 N–H and O–H groups in total. The molecule has 1 aromatic carbocycles. The number of carbonyl (C=O) groups excluding carboxylic acids is 1. The number of carbonyl (C=O) groups is 1. The van der Waals surface area contributed by atoms with E-state index in [1.165, 1.54) is 5.56 Å². The first kappa shape index (κ1) is 18.8. The van der Waals surface area contributed by atoms with E-state index in [0.29, 0.717) is 36.1 Å². The Hall–Kier alpha value is -2.51. The van der Waals surface area contributed by atoms with Gasteiger partial charge in [0.15, 0.2) is 0 Å². The van der Waals surface area contributed by atoms with Crippen LogP contribution in [0.3, 0.4) is 0 Å². The van der Waals surface area contributed by atoms with Crippen molar-refractivity contribution in [2.75, 3.05) is 13.2 Å². The molecule has 1 fully saturated rings. The number of aromatic nitrogens is 2. The van der Waals surface area contributed by atoms with Crippen molar-refractivity contribution < 1.29 is 9.53 Å². The summed E-state index contributed by atoms with van der Waals surface area (Å²) in [6.45, 7) is 1.55. The van der Waals surface area contributed by atoms with E-state index in [1.54, 1.807) is 22.3 Å². The standard InChI is InChI=1S/C21H23N3O3S/c25-20(8-7-15-9-11-28-14-15)24(12-16-4-3-10-27-16)13-19-22-18-6-2-1-5-17(18)21(26)23-19/h1-2,5-6,9,11,14,16H,3-4,7-8,10,12-13H2,(H,22,23,26). The van der Waals surface area contributed by atoms with E-state index >= 15 is 0 Å². The van der Waals surface area contributed by atoms with E-state index in [-0.39, 0.29) is 24.1 Å². The third-order valence-electron chi connectivity index (χ3n) is 5.01. The SMILES string of the molecule is O=C(CCc1ccsc1)N(Cc1nc2ccccc2c(=O)[nH]1)CC1CCCO1. The predicted octanol–water partition coefficient (Wildman–Crippen LogP) is 3.13. The number of aromatic amines is 1. The quantitative estimate of drug-likeness (QED) is 0.665. The Bertz CT molecular complexity index is 994. The van der Waals surface area contributed by atoms with Crippen LogP contribution >= 0.6 is 11.3 Å². The molecule has 3 heterocycles. The zero-order chi connectivity index (χ0) is 19.3. The fourth-order valence-electron chi connectivity index (χ4n) is 3.52. The van der Waals surface area contributed by atoms with E-state index in [2.05, 4.69) is 15.3 Å². The molecule has 6 nitrogen and oxygen atoms in total. The average Bonchev–Trinajstić information content (AvgIpc) is 3.40. The maximum absolute atomic E-state index is 12.9. The van der Waals surface area contributed by atoms with Gasteiger partial charge < -0.3 is 14.6 Å². The Morgan fingerprint density at radius 1 is 1.32 bits per heavy atom. The van der Waals surface area contributed by atoms with Crippen molar-refractivity contribution in [2.24, 2.45) is 0 Å². The van der Waals surface area contributed by atoms with Crippen LogP contribution in [0, 0.1) is 0 Å². The molecule has 0 saturated carbocycles. The normalized spacial score (nSPS) is 16.5. The lowest BCUT2D eigenvalue weighted by Gasteiger charge is -2.25. The molecule has 2 aromatic heterocycles. The first-order chi connectivity index (χ1) is 13.7. The molecule has 0 aliphatic carbocycles. The van der Waals surface area contributed by atoms with Gasteiger partial charge in [-0.3, -0.25) is 9.59 Å². The molecule has 0 radical (unpaired) electrons. The van der Waals surface area contributed by atoms with Gasteiger partial charge in [-0.1, -0.05) is 12.1 Å². The number of ether oxygens (including phenoxy) is 1. The van der Waals surface area contributed by atoms with Crippen LogP contribution in [0.2, 0.25) is 0 Å². The summed E-state index contributed by atoms with van der Waals surface area (Å²) in [5.41, 5.74) is 1.64. The largest absolute Gasteiger partial charge is 0.376 e. The van der Waals surface area contributed by atoms with Crippen LogP contribution in [0.4, 0.5) is 0 Å². The molecule has 1 amide bonds. The van der Waals surface area contributed by atoms with Crippen LogP contribution in [0.5, 0.6) is 0 Å². The number of fused-ring (bicyclic) bond motifs is 1. The highest BCUT2D eigenvalue weighted by molar-refractivity contribution is 7.07. The predicted molar refractivity (Wildman–Crippen MR) is 109 cm³/mol. The molecular weight excluding hydrogens is 374 g/mol. The van der Waals surface area contributed by atoms with Gasteiger partial charge in [-0.2, -0.15) is 11.3 Å². The molecule has 1 unspecified atom stereocenters. The summed E-state index contributed by atoms with van der Waals surface area (Å²) < 4.78 is 5.73. The van der Waals surface area contributed by atoms with Crippen molar-refractivity contribution in [3.63, 3.8) is 0 Å². The molecule has 3 aromatic rings. The molecule has 1 saturated heterocycles. The van der Waals surface area contributed by atoms with Crippen molar-refractivity contribution in [1.82, 2.24) is 14.9 Å². The Kier molecular flexibility index (Phi) is 5.83. The van der Waals surface area contributed by atoms with Gasteiger partial charge in [0.2, 0.25) is 5.91 Å². The van der Waals surface area contributed by atoms with Gasteiger partial charge in [0, 0.05) is 19.6 Å². The number of aryl methyl sites for hydroxylation is 1. The van der Waals surface area contributed by atoms with Crippen LogP contribution in [0.1, 0.15) is 30.7 Å². The van der Waals surface area contributed by atoms with Gasteiger partial charge in [0.05, 0.1) is 23.6 Å². The minimum absolute atomic E-state index is 0.0530. The van der Waals surface area contributed by atoms with Crippen molar-refractivity contribution >= 4 is 28.1 Å². The molecule has 146 valence electrons. The zero-order valence-electron chi connectivity index (χ0n) is 15.6. The number of rotatable bonds is 7. The van der Waals surface area contributed by atoms with Crippen LogP contribution in [0.15, 0.2) is 45.9 Å². The molecular formula is C21H23N3O3S. The lowest BCUT2D eigenvalue weighted by molar-refractivity contribution is -0.133. The van der Waals surface area contributed by atoms with Crippen LogP contribution in [-0.2, 0) is 22.5 Å². The molecule has 1 aliphatic rings. The Labute approximate surface area is 167 Å². The fraction of sp³-hybridized carbons (Fsp3) is 0.381. The monoisotopic (exact) mass is 397 g/mol. The lowest BCUT2D eigenvalue weighted by Crippen LogP contribution is -2.38. The van der Waals surface area contributed by atoms with E-state index in [0.717, 1.165) is 19.4 Å². The van der Waals surface area contributed by atoms with Crippen molar-refractivity contribution in [3.05, 3.63) is 62.8 Å². The van der Waals surface area contributed by atoms with Crippen molar-refractivity contribution in [2.45, 2.75) is 38.3 Å². The van der Waals surface area contributed by atoms with Gasteiger partial charge in [-0.05, 0) is 53.8 Å². The maximum atomic E-state index is 12.9. The van der Waals surface area contributed by atoms with Crippen LogP contribution in [0.25, 0.3) is 10.9 Å². The van der Waals surface area contributed by atoms with E-state index in [1.807, 2.05) is 29.6 Å². The second-order valence-corrected chi connectivity index (χ2v) is 7.85. The summed E-state index contributed by atoms with van der Waals surface area (Å²) in [7, 11) is 0. The van der Waals surface area contributed by atoms with Crippen molar-refractivity contribution in [3.8, 4) is 0 Å². The van der Waals surface area contributed by atoms with Crippen LogP contribution < -0.4 is 5.56 Å². The number of hydrogen-bond donors (Lipinski definition) is 1. The Balaban J connectivity index is 1.52. The molecule has 7 heteroatoms. The van der Waals surface area contributed by atoms with E-state index < -0.39 is 0 Å². The number of nitrogens with zero attached hydrogens (tertiary/aromatic N) is 2. The molecule has 1 aliphatic heterocycles. The number of thiophene rings is 1. The van der Waals surface area contributed by atoms with Gasteiger partial charge >= 0.3 is 0 Å². The zero-order valence-corrected chi connectivity index (χ0v) is 16.4. The number of hydrogen-bond acceptors (Lipinski definition) is 5. The number of amides is 1. The first-order valence-corrected chi connectivity index (χ1v) is 10.5. The smallest absolute Gasteiger partial charge is 0.258 e. The maximum Gasteiger partial charge on any atom is 0.258 e. The minimum Gasteiger partial charge on any atom is -0.376 e. The fourth-order valence-corrected chi connectivity index (χ4v) is 4.23. The highest BCUT2D eigenvalue weighted by Gasteiger charge is 2.23. The summed E-state index contributed by atoms with van der Waals surface area (Å²) in [6.07, 6.45) is 3.17. The Morgan fingerprint density at radius 2 is 2.21 bits per heavy atom. The van der Waals surface area contributed by atoms with E-state index in [4.69, 9.17) is 4.74 Å². The van der Waals surface area contributed by atoms with Gasteiger partial charge in [-0.25, -0.2) is 4.98 Å². The summed E-state index contributed by atoms with van der Waals surface area (Å²) in [6, 6.07) is 9.29. The molecule has 4 rings (SSSR count). The summed E-state index contributed by atoms with van der Waals surface area (Å²) in [5, 5.41) is 4.65. The van der Waals surface area contributed by atoms with Gasteiger partial charge in [-0.15, -0.1) is 0 Å². The summed E-state index contributed by atoms with van der Waals surface area (Å²) in [4.78, 5) is 34.4. The molecule has 0 bridgehead atoms. The topological polar surface area (TPSA) is 75.3 Å². The average molecular weight is 398 g/mol. The van der Waals surface area contributed by atoms with Gasteiger partial charge in [0.1, 0.15) is 5.82 Å². The first-order valence-electron chi connectivity index (χ1n) is 9.57. The molecule has 0 spiro atoms. The molecule has 1 atom stereocenters. The third kappa shape index (κ3) is 4.48. The lowest BCUT2D eigenvalue weighted by atomic mass is 10.1. The highest BCUT2D eigenvalue weighted by atomic mass is 32.1. The molecule has 28 heavy (non-hydrogen) atoms. The second kappa shape index (κ2) is 8.67. The third-order valence-corrected chi connectivity index (χ3v) is 5.74. The second-order valence-electron chi connectivity index (χ2n) is 7.07. The van der Waals surface area contributed by atoms with Crippen molar-refractivity contribution in [1.29, 1.82) is 0 Å².